The summed E-state index contributed by atoms with van der Waals surface area (Å²) < 4.78 is 5.61. The number of carboxylic acid groups (broad SMARTS) is 1. The predicted octanol–water partition coefficient (Wildman–Crippen LogP) is 3.02. The van der Waals surface area contributed by atoms with Gasteiger partial charge in [-0.3, -0.25) is 9.69 Å². The number of aliphatic carboxylic acids is 1. The molecule has 0 bridgehead atoms. The van der Waals surface area contributed by atoms with Crippen LogP contribution in [-0.2, 0) is 4.79 Å². The molecule has 2 atom stereocenters. The summed E-state index contributed by atoms with van der Waals surface area (Å²) in [6, 6.07) is 5.21. The second-order valence-corrected chi connectivity index (χ2v) is 5.90. The number of para-hydroxylation sites is 1. The van der Waals surface area contributed by atoms with Gasteiger partial charge >= 0.3 is 5.97 Å². The highest BCUT2D eigenvalue weighted by Gasteiger charge is 2.34. The minimum Gasteiger partial charge on any atom is -0.489 e. The third kappa shape index (κ3) is 3.57. The van der Waals surface area contributed by atoms with Gasteiger partial charge < -0.3 is 9.84 Å². The summed E-state index contributed by atoms with van der Waals surface area (Å²) in [5.74, 6) is -0.372. The Balaban J connectivity index is 1.84. The van der Waals surface area contributed by atoms with Gasteiger partial charge in [0.1, 0.15) is 6.61 Å². The Kier molecular flexibility index (Phi) is 5.13. The van der Waals surface area contributed by atoms with Crippen LogP contribution in [0, 0.1) is 11.8 Å². The minimum atomic E-state index is -0.727. The van der Waals surface area contributed by atoms with Crippen molar-refractivity contribution in [2.24, 2.45) is 11.8 Å². The van der Waals surface area contributed by atoms with Gasteiger partial charge in [0.25, 0.3) is 0 Å². The van der Waals surface area contributed by atoms with Gasteiger partial charge in [-0.2, -0.15) is 0 Å². The number of carboxylic acids is 1. The third-order valence-electron chi connectivity index (χ3n) is 3.58. The van der Waals surface area contributed by atoms with E-state index in [2.05, 4.69) is 4.90 Å². The van der Waals surface area contributed by atoms with Crippen molar-refractivity contribution in [1.29, 1.82) is 0 Å². The molecule has 1 saturated heterocycles. The Labute approximate surface area is 128 Å². The summed E-state index contributed by atoms with van der Waals surface area (Å²) in [6.07, 6.45) is 0. The van der Waals surface area contributed by atoms with Gasteiger partial charge in [0.05, 0.1) is 16.0 Å². The lowest BCUT2D eigenvalue weighted by Gasteiger charge is -2.16. The molecule has 2 rings (SSSR count). The summed E-state index contributed by atoms with van der Waals surface area (Å²) in [5, 5.41) is 10.0. The molecule has 110 valence electrons. The highest BCUT2D eigenvalue weighted by atomic mass is 35.5. The molecule has 6 heteroatoms. The first kappa shape index (κ1) is 15.4. The van der Waals surface area contributed by atoms with Gasteiger partial charge in [0.15, 0.2) is 5.75 Å². The largest absolute Gasteiger partial charge is 0.489 e. The molecule has 1 aromatic rings. The molecule has 0 amide bonds. The molecule has 1 heterocycles. The number of halogens is 2. The number of nitrogens with zero attached hydrogens (tertiary/aromatic N) is 1. The first-order valence-electron chi connectivity index (χ1n) is 6.51. The van der Waals surface area contributed by atoms with E-state index in [0.29, 0.717) is 35.5 Å². The molecule has 1 aliphatic heterocycles. The molecule has 1 aromatic carbocycles. The second kappa shape index (κ2) is 6.66. The van der Waals surface area contributed by atoms with Crippen LogP contribution < -0.4 is 4.74 Å². The molecule has 1 fully saturated rings. The zero-order valence-corrected chi connectivity index (χ0v) is 12.7. The van der Waals surface area contributed by atoms with Crippen LogP contribution in [0.15, 0.2) is 18.2 Å². The van der Waals surface area contributed by atoms with E-state index in [9.17, 15) is 4.79 Å². The van der Waals surface area contributed by atoms with Crippen LogP contribution >= 0.6 is 23.2 Å². The van der Waals surface area contributed by atoms with Crippen molar-refractivity contribution in [1.82, 2.24) is 4.90 Å². The van der Waals surface area contributed by atoms with Crippen LogP contribution in [0.25, 0.3) is 0 Å². The Morgan fingerprint density at radius 3 is 2.60 bits per heavy atom. The molecule has 0 radical (unpaired) electrons. The number of carbonyl (C=O) groups is 1. The van der Waals surface area contributed by atoms with E-state index in [0.717, 1.165) is 6.54 Å². The lowest BCUT2D eigenvalue weighted by molar-refractivity contribution is -0.142. The summed E-state index contributed by atoms with van der Waals surface area (Å²) in [4.78, 5) is 13.1. The van der Waals surface area contributed by atoms with Crippen LogP contribution in [0.4, 0.5) is 0 Å². The molecule has 0 spiro atoms. The van der Waals surface area contributed by atoms with Crippen molar-refractivity contribution >= 4 is 29.2 Å². The minimum absolute atomic E-state index is 0.163. The first-order valence-corrected chi connectivity index (χ1v) is 7.26. The van der Waals surface area contributed by atoms with Crippen molar-refractivity contribution in [3.05, 3.63) is 28.2 Å². The van der Waals surface area contributed by atoms with Crippen LogP contribution in [0.1, 0.15) is 6.92 Å². The number of hydrogen-bond donors (Lipinski definition) is 1. The predicted molar refractivity (Wildman–Crippen MR) is 78.7 cm³/mol. The maximum absolute atomic E-state index is 11.0. The molecule has 20 heavy (non-hydrogen) atoms. The summed E-state index contributed by atoms with van der Waals surface area (Å²) in [5.41, 5.74) is 0. The normalized spacial score (nSPS) is 22.9. The number of likely N-dealkylation sites (tertiary alicyclic amines) is 1. The highest BCUT2D eigenvalue weighted by molar-refractivity contribution is 6.37. The van der Waals surface area contributed by atoms with E-state index in [-0.39, 0.29) is 11.8 Å². The summed E-state index contributed by atoms with van der Waals surface area (Å²) >= 11 is 12.0. The fourth-order valence-electron chi connectivity index (χ4n) is 2.47. The van der Waals surface area contributed by atoms with E-state index in [1.807, 2.05) is 6.92 Å². The van der Waals surface area contributed by atoms with Gasteiger partial charge in [-0.1, -0.05) is 36.2 Å². The van der Waals surface area contributed by atoms with Crippen molar-refractivity contribution < 1.29 is 14.6 Å². The number of benzene rings is 1. The molecule has 1 N–H and O–H groups in total. The average molecular weight is 318 g/mol. The summed E-state index contributed by atoms with van der Waals surface area (Å²) in [6.45, 7) is 4.40. The fraction of sp³-hybridized carbons (Fsp3) is 0.500. The van der Waals surface area contributed by atoms with Gasteiger partial charge in [0, 0.05) is 19.6 Å². The van der Waals surface area contributed by atoms with Gasteiger partial charge in [-0.15, -0.1) is 0 Å². The SMILES string of the molecule is CC1CN(CCOc2c(Cl)cccc2Cl)CC1C(=O)O. The van der Waals surface area contributed by atoms with Crippen LogP contribution in [0.5, 0.6) is 5.75 Å². The van der Waals surface area contributed by atoms with Gasteiger partial charge in [-0.05, 0) is 18.1 Å². The summed E-state index contributed by atoms with van der Waals surface area (Å²) in [7, 11) is 0. The lowest BCUT2D eigenvalue weighted by Crippen LogP contribution is -2.27. The number of hydrogen-bond acceptors (Lipinski definition) is 3. The zero-order chi connectivity index (χ0) is 14.7. The zero-order valence-electron chi connectivity index (χ0n) is 11.2. The van der Waals surface area contributed by atoms with E-state index in [1.165, 1.54) is 0 Å². The van der Waals surface area contributed by atoms with E-state index in [4.69, 9.17) is 33.0 Å². The van der Waals surface area contributed by atoms with Crippen molar-refractivity contribution in [2.75, 3.05) is 26.2 Å². The molecule has 1 aliphatic rings. The fourth-order valence-corrected chi connectivity index (χ4v) is 2.97. The molecular formula is C14H17Cl2NO3. The van der Waals surface area contributed by atoms with Gasteiger partial charge in [-0.25, -0.2) is 0 Å². The highest BCUT2D eigenvalue weighted by Crippen LogP contribution is 2.32. The monoisotopic (exact) mass is 317 g/mol. The maximum atomic E-state index is 11.0. The Morgan fingerprint density at radius 1 is 1.40 bits per heavy atom. The second-order valence-electron chi connectivity index (χ2n) is 5.08. The third-order valence-corrected chi connectivity index (χ3v) is 4.17. The molecule has 2 unspecified atom stereocenters. The molecule has 0 aromatic heterocycles. The quantitative estimate of drug-likeness (QED) is 0.907. The molecule has 0 aliphatic carbocycles. The van der Waals surface area contributed by atoms with E-state index < -0.39 is 5.97 Å². The smallest absolute Gasteiger partial charge is 0.308 e. The van der Waals surface area contributed by atoms with Crippen molar-refractivity contribution in [3.8, 4) is 5.75 Å². The topological polar surface area (TPSA) is 49.8 Å². The standard InChI is InChI=1S/C14H17Cl2NO3/c1-9-7-17(8-10(9)14(18)19)5-6-20-13-11(15)3-2-4-12(13)16/h2-4,9-10H,5-8H2,1H3,(H,18,19). The molecule has 0 saturated carbocycles. The van der Waals surface area contributed by atoms with Crippen LogP contribution in [-0.4, -0.2) is 42.2 Å². The number of ether oxygens (including phenoxy) is 1. The molecule has 4 nitrogen and oxygen atoms in total. The maximum Gasteiger partial charge on any atom is 0.308 e. The number of rotatable bonds is 5. The Bertz CT molecular complexity index is 475. The van der Waals surface area contributed by atoms with E-state index >= 15 is 0 Å². The molecular weight excluding hydrogens is 301 g/mol. The lowest BCUT2D eigenvalue weighted by atomic mass is 9.99. The van der Waals surface area contributed by atoms with Crippen LogP contribution in [0.3, 0.4) is 0 Å². The van der Waals surface area contributed by atoms with Crippen molar-refractivity contribution in [2.45, 2.75) is 6.92 Å². The van der Waals surface area contributed by atoms with Gasteiger partial charge in [0.2, 0.25) is 0 Å². The first-order chi connectivity index (χ1) is 9.49. The Hall–Kier alpha value is -0.970. The van der Waals surface area contributed by atoms with E-state index in [1.54, 1.807) is 18.2 Å². The average Bonchev–Trinajstić information content (AvgIpc) is 2.74. The van der Waals surface area contributed by atoms with Crippen molar-refractivity contribution in [3.63, 3.8) is 0 Å². The van der Waals surface area contributed by atoms with Crippen LogP contribution in [0.2, 0.25) is 10.0 Å². The Morgan fingerprint density at radius 2 is 2.05 bits per heavy atom.